The van der Waals surface area contributed by atoms with Crippen LogP contribution in [0, 0.1) is 13.8 Å². The Morgan fingerprint density at radius 2 is 1.40 bits per heavy atom. The summed E-state index contributed by atoms with van der Waals surface area (Å²) in [6, 6.07) is 29.6. The first-order valence-electron chi connectivity index (χ1n) is 13.5. The zero-order chi connectivity index (χ0) is 30.3. The Labute approximate surface area is 256 Å². The van der Waals surface area contributed by atoms with Gasteiger partial charge in [-0.05, 0) is 72.5 Å². The van der Waals surface area contributed by atoms with Crippen molar-refractivity contribution in [1.82, 2.24) is 10.2 Å². The molecule has 0 heterocycles. The second kappa shape index (κ2) is 13.8. The summed E-state index contributed by atoms with van der Waals surface area (Å²) in [6.45, 7) is 3.38. The van der Waals surface area contributed by atoms with E-state index in [4.69, 9.17) is 0 Å². The Morgan fingerprint density at radius 3 is 2.00 bits per heavy atom. The third kappa shape index (κ3) is 7.66. The number of nitrogens with zero attached hydrogens (tertiary/aromatic N) is 2. The maximum Gasteiger partial charge on any atom is 0.264 e. The van der Waals surface area contributed by atoms with Gasteiger partial charge in [0.1, 0.15) is 12.6 Å². The van der Waals surface area contributed by atoms with Gasteiger partial charge >= 0.3 is 0 Å². The summed E-state index contributed by atoms with van der Waals surface area (Å²) in [5.74, 6) is -0.843. The maximum atomic E-state index is 14.3. The van der Waals surface area contributed by atoms with Gasteiger partial charge in [-0.15, -0.1) is 0 Å². The first-order chi connectivity index (χ1) is 20.1. The lowest BCUT2D eigenvalue weighted by molar-refractivity contribution is -0.139. The molecule has 1 atom stereocenters. The number of aryl methyl sites for hydroxylation is 2. The quantitative estimate of drug-likeness (QED) is 0.228. The molecule has 0 fully saturated rings. The Bertz CT molecular complexity index is 1630. The number of hydrogen-bond donors (Lipinski definition) is 1. The van der Waals surface area contributed by atoms with Crippen LogP contribution < -0.4 is 9.62 Å². The summed E-state index contributed by atoms with van der Waals surface area (Å²) in [6.07, 6.45) is 0.259. The highest BCUT2D eigenvalue weighted by Crippen LogP contribution is 2.27. The molecule has 7 nitrogen and oxygen atoms in total. The van der Waals surface area contributed by atoms with Crippen LogP contribution in [-0.4, -0.2) is 44.8 Å². The number of sulfonamides is 1. The van der Waals surface area contributed by atoms with Crippen LogP contribution in [0.15, 0.2) is 112 Å². The van der Waals surface area contributed by atoms with E-state index >= 15 is 0 Å². The van der Waals surface area contributed by atoms with Crippen LogP contribution in [0.2, 0.25) is 0 Å². The van der Waals surface area contributed by atoms with E-state index in [-0.39, 0.29) is 23.8 Å². The molecule has 0 bridgehead atoms. The van der Waals surface area contributed by atoms with Crippen molar-refractivity contribution < 1.29 is 18.0 Å². The zero-order valence-corrected chi connectivity index (χ0v) is 26.2. The molecule has 0 aliphatic carbocycles. The van der Waals surface area contributed by atoms with Gasteiger partial charge in [-0.1, -0.05) is 82.7 Å². The number of carbonyl (C=O) groups excluding carboxylic acids is 2. The molecule has 2 amide bonds. The molecule has 4 aromatic rings. The summed E-state index contributed by atoms with van der Waals surface area (Å²) in [5.41, 5.74) is 3.78. The van der Waals surface area contributed by atoms with Crippen molar-refractivity contribution in [3.63, 3.8) is 0 Å². The molecule has 0 aromatic heterocycles. The van der Waals surface area contributed by atoms with Gasteiger partial charge in [-0.25, -0.2) is 8.42 Å². The van der Waals surface area contributed by atoms with Crippen molar-refractivity contribution in [2.45, 2.75) is 37.8 Å². The molecule has 1 unspecified atom stereocenters. The first kappa shape index (κ1) is 31.0. The molecule has 4 aromatic carbocycles. The van der Waals surface area contributed by atoms with Crippen LogP contribution in [-0.2, 0) is 32.6 Å². The second-order valence-corrected chi connectivity index (χ2v) is 12.9. The van der Waals surface area contributed by atoms with Crippen molar-refractivity contribution in [1.29, 1.82) is 0 Å². The predicted molar refractivity (Wildman–Crippen MR) is 170 cm³/mol. The number of anilines is 1. The molecule has 0 radical (unpaired) electrons. The SMILES string of the molecule is CNC(=O)C(Cc1ccccc1)N(Cc1cccc(Br)c1)C(=O)CN(c1cc(C)cc(C)c1)S(=O)(=O)c1ccccc1. The molecule has 9 heteroatoms. The number of nitrogens with one attached hydrogen (secondary N) is 1. The monoisotopic (exact) mass is 647 g/mol. The molecular weight excluding hydrogens is 614 g/mol. The number of likely N-dealkylation sites (N-methyl/N-ethyl adjacent to an activating group) is 1. The topological polar surface area (TPSA) is 86.8 Å². The van der Waals surface area contributed by atoms with Crippen LogP contribution in [0.4, 0.5) is 5.69 Å². The Hall–Kier alpha value is -3.95. The minimum absolute atomic E-state index is 0.0719. The number of halogens is 1. The van der Waals surface area contributed by atoms with E-state index < -0.39 is 28.5 Å². The highest BCUT2D eigenvalue weighted by Gasteiger charge is 2.34. The van der Waals surface area contributed by atoms with E-state index in [1.165, 1.54) is 24.1 Å². The summed E-state index contributed by atoms with van der Waals surface area (Å²) in [5, 5.41) is 2.70. The van der Waals surface area contributed by atoms with Gasteiger partial charge in [0, 0.05) is 24.5 Å². The van der Waals surface area contributed by atoms with E-state index in [1.807, 2.05) is 74.5 Å². The minimum Gasteiger partial charge on any atom is -0.357 e. The number of hydrogen-bond acceptors (Lipinski definition) is 4. The molecule has 0 saturated heterocycles. The van der Waals surface area contributed by atoms with Crippen LogP contribution in [0.3, 0.4) is 0 Å². The first-order valence-corrected chi connectivity index (χ1v) is 15.8. The van der Waals surface area contributed by atoms with Crippen LogP contribution in [0.5, 0.6) is 0 Å². The highest BCUT2D eigenvalue weighted by atomic mass is 79.9. The lowest BCUT2D eigenvalue weighted by Gasteiger charge is -2.33. The molecule has 4 rings (SSSR count). The van der Waals surface area contributed by atoms with Crippen molar-refractivity contribution >= 4 is 43.5 Å². The van der Waals surface area contributed by atoms with Gasteiger partial charge in [0.05, 0.1) is 10.6 Å². The van der Waals surface area contributed by atoms with E-state index in [2.05, 4.69) is 21.2 Å². The molecule has 0 aliphatic heterocycles. The second-order valence-electron chi connectivity index (χ2n) is 10.1. The maximum absolute atomic E-state index is 14.3. The smallest absolute Gasteiger partial charge is 0.264 e. The molecular formula is C33H34BrN3O4S. The number of amides is 2. The lowest BCUT2D eigenvalue weighted by atomic mass is 10.0. The number of carbonyl (C=O) groups is 2. The molecule has 42 heavy (non-hydrogen) atoms. The third-order valence-electron chi connectivity index (χ3n) is 6.86. The Balaban J connectivity index is 1.81. The fraction of sp³-hybridized carbons (Fsp3) is 0.212. The van der Waals surface area contributed by atoms with Gasteiger partial charge in [-0.2, -0.15) is 0 Å². The van der Waals surface area contributed by atoms with Gasteiger partial charge in [0.15, 0.2) is 0 Å². The summed E-state index contributed by atoms with van der Waals surface area (Å²) in [7, 11) is -2.60. The predicted octanol–water partition coefficient (Wildman–Crippen LogP) is 5.65. The Kier molecular flexibility index (Phi) is 10.2. The van der Waals surface area contributed by atoms with Gasteiger partial charge in [0.25, 0.3) is 10.0 Å². The summed E-state index contributed by atoms with van der Waals surface area (Å²) in [4.78, 5) is 29.2. The minimum atomic E-state index is -4.13. The van der Waals surface area contributed by atoms with Crippen LogP contribution in [0.25, 0.3) is 0 Å². The number of rotatable bonds is 11. The van der Waals surface area contributed by atoms with Gasteiger partial charge in [0.2, 0.25) is 11.8 Å². The van der Waals surface area contributed by atoms with Crippen molar-refractivity contribution in [3.05, 3.63) is 130 Å². The van der Waals surface area contributed by atoms with E-state index in [1.54, 1.807) is 30.3 Å². The average molecular weight is 649 g/mol. The molecule has 0 saturated carbocycles. The normalized spacial score (nSPS) is 11.9. The molecule has 218 valence electrons. The lowest BCUT2D eigenvalue weighted by Crippen LogP contribution is -2.53. The summed E-state index contributed by atoms with van der Waals surface area (Å²) >= 11 is 3.49. The summed E-state index contributed by atoms with van der Waals surface area (Å²) < 4.78 is 30.0. The third-order valence-corrected chi connectivity index (χ3v) is 9.15. The fourth-order valence-corrected chi connectivity index (χ4v) is 6.76. The zero-order valence-electron chi connectivity index (χ0n) is 23.8. The molecule has 1 N–H and O–H groups in total. The van der Waals surface area contributed by atoms with Crippen LogP contribution >= 0.6 is 15.9 Å². The van der Waals surface area contributed by atoms with Gasteiger partial charge in [-0.3, -0.25) is 13.9 Å². The largest absolute Gasteiger partial charge is 0.357 e. The standard InChI is InChI=1S/C33H34BrN3O4S/c1-24-17-25(2)19-29(18-24)37(42(40,41)30-15-8-5-9-16-30)23-32(38)36(22-27-13-10-14-28(34)20-27)31(33(39)35-3)21-26-11-6-4-7-12-26/h4-20,31H,21-23H2,1-3H3,(H,35,39). The van der Waals surface area contributed by atoms with E-state index in [0.717, 1.165) is 31.0 Å². The average Bonchev–Trinajstić information content (AvgIpc) is 2.97. The molecule has 0 spiro atoms. The van der Waals surface area contributed by atoms with Gasteiger partial charge < -0.3 is 10.2 Å². The highest BCUT2D eigenvalue weighted by molar-refractivity contribution is 9.10. The van der Waals surface area contributed by atoms with E-state index in [0.29, 0.717) is 5.69 Å². The van der Waals surface area contributed by atoms with Crippen molar-refractivity contribution in [2.24, 2.45) is 0 Å². The molecule has 0 aliphatic rings. The Morgan fingerprint density at radius 1 is 0.810 bits per heavy atom. The van der Waals surface area contributed by atoms with Crippen molar-refractivity contribution in [2.75, 3.05) is 17.9 Å². The van der Waals surface area contributed by atoms with Crippen LogP contribution in [0.1, 0.15) is 22.3 Å². The van der Waals surface area contributed by atoms with Crippen molar-refractivity contribution in [3.8, 4) is 0 Å². The number of benzene rings is 4. The fourth-order valence-electron chi connectivity index (χ4n) is 4.90. The van der Waals surface area contributed by atoms with E-state index in [9.17, 15) is 18.0 Å².